The quantitative estimate of drug-likeness (QED) is 0.378. The summed E-state index contributed by atoms with van der Waals surface area (Å²) in [6.07, 6.45) is 8.49. The molecule has 4 N–H and O–H groups in total. The first-order chi connectivity index (χ1) is 14.6. The number of benzene rings is 1. The van der Waals surface area contributed by atoms with Gasteiger partial charge in [0.1, 0.15) is 11.6 Å². The van der Waals surface area contributed by atoms with Gasteiger partial charge in [-0.05, 0) is 37.9 Å². The summed E-state index contributed by atoms with van der Waals surface area (Å²) in [5, 5.41) is 14.1. The van der Waals surface area contributed by atoms with Crippen molar-refractivity contribution in [3.8, 4) is 0 Å². The van der Waals surface area contributed by atoms with Crippen molar-refractivity contribution in [3.05, 3.63) is 28.6 Å². The smallest absolute Gasteiger partial charge is 0.280 e. The van der Waals surface area contributed by atoms with E-state index < -0.39 is 11.9 Å². The van der Waals surface area contributed by atoms with Gasteiger partial charge in [-0.3, -0.25) is 19.7 Å². The normalized spacial score (nSPS) is 16.6. The maximum absolute atomic E-state index is 13.1. The van der Waals surface area contributed by atoms with E-state index in [1.807, 2.05) is 12.1 Å². The van der Waals surface area contributed by atoms with Gasteiger partial charge in [0, 0.05) is 18.7 Å². The van der Waals surface area contributed by atoms with E-state index in [0.717, 1.165) is 37.0 Å². The molecule has 1 fully saturated rings. The number of carbonyl (C=O) groups is 2. The number of unbranched alkanes of at least 4 members (excludes halogenated alkanes) is 6. The molecule has 0 spiro atoms. The summed E-state index contributed by atoms with van der Waals surface area (Å²) in [7, 11) is 0. The maximum Gasteiger partial charge on any atom is 0.280 e. The minimum atomic E-state index is -0.820. The second-order valence-corrected chi connectivity index (χ2v) is 7.70. The van der Waals surface area contributed by atoms with Crippen LogP contribution >= 0.6 is 0 Å². The Balaban J connectivity index is 1.64. The summed E-state index contributed by atoms with van der Waals surface area (Å²) in [4.78, 5) is 36.6. The van der Waals surface area contributed by atoms with E-state index in [-0.39, 0.29) is 24.3 Å². The number of amides is 2. The number of imide groups is 1. The van der Waals surface area contributed by atoms with Crippen molar-refractivity contribution in [1.82, 2.24) is 20.3 Å². The number of fused-ring (bicyclic) bond motifs is 1. The van der Waals surface area contributed by atoms with Crippen molar-refractivity contribution in [2.45, 2.75) is 63.8 Å². The molecule has 1 saturated heterocycles. The molecular formula is C21H30N6O3. The third-order valence-corrected chi connectivity index (χ3v) is 5.41. The van der Waals surface area contributed by atoms with Gasteiger partial charge >= 0.3 is 0 Å². The molecule has 0 radical (unpaired) electrons. The first-order valence-electron chi connectivity index (χ1n) is 10.8. The highest BCUT2D eigenvalue weighted by molar-refractivity contribution is 5.99. The van der Waals surface area contributed by atoms with E-state index in [4.69, 9.17) is 5.73 Å². The first kappa shape index (κ1) is 21.9. The van der Waals surface area contributed by atoms with Gasteiger partial charge < -0.3 is 11.1 Å². The molecule has 1 aromatic heterocycles. The standard InChI is InChI=1S/C21H30N6O3/c22-13-6-4-2-1-3-5-7-14-23-15-9-8-10-16-19(15)21(30)27(26-25-16)17-11-12-18(28)24-20(17)29/h8-10,17,23H,1-7,11-14,22H2,(H,24,28,29). The monoisotopic (exact) mass is 414 g/mol. The zero-order valence-electron chi connectivity index (χ0n) is 17.2. The molecule has 9 heteroatoms. The topological polar surface area (TPSA) is 132 Å². The Morgan fingerprint density at radius 2 is 1.80 bits per heavy atom. The third kappa shape index (κ3) is 5.41. The molecule has 162 valence electrons. The van der Waals surface area contributed by atoms with Crippen molar-refractivity contribution in [3.63, 3.8) is 0 Å². The minimum Gasteiger partial charge on any atom is -0.384 e. The fourth-order valence-electron chi connectivity index (χ4n) is 3.74. The molecular weight excluding hydrogens is 384 g/mol. The molecule has 1 aliphatic rings. The zero-order chi connectivity index (χ0) is 21.3. The van der Waals surface area contributed by atoms with Crippen molar-refractivity contribution in [2.75, 3.05) is 18.4 Å². The number of piperidine rings is 1. The largest absolute Gasteiger partial charge is 0.384 e. The Morgan fingerprint density at radius 1 is 1.07 bits per heavy atom. The molecule has 1 unspecified atom stereocenters. The SMILES string of the molecule is NCCCCCCCCCNc1cccc2nnn(C3CCC(=O)NC3=O)c(=O)c12. The Hall–Kier alpha value is -2.81. The molecule has 1 atom stereocenters. The summed E-state index contributed by atoms with van der Waals surface area (Å²) in [5.74, 6) is -0.848. The lowest BCUT2D eigenvalue weighted by Gasteiger charge is -2.21. The van der Waals surface area contributed by atoms with Crippen LogP contribution in [0.4, 0.5) is 5.69 Å². The van der Waals surface area contributed by atoms with Crippen molar-refractivity contribution in [2.24, 2.45) is 5.73 Å². The highest BCUT2D eigenvalue weighted by Gasteiger charge is 2.30. The van der Waals surface area contributed by atoms with Crippen LogP contribution in [0.5, 0.6) is 0 Å². The summed E-state index contributed by atoms with van der Waals surface area (Å²) in [6, 6.07) is 4.57. The van der Waals surface area contributed by atoms with Gasteiger partial charge in [-0.15, -0.1) is 5.10 Å². The van der Waals surface area contributed by atoms with Gasteiger partial charge in [0.05, 0.1) is 5.39 Å². The molecule has 0 bridgehead atoms. The molecule has 0 aliphatic carbocycles. The Labute approximate surface area is 175 Å². The van der Waals surface area contributed by atoms with E-state index in [2.05, 4.69) is 20.9 Å². The molecule has 30 heavy (non-hydrogen) atoms. The fraction of sp³-hybridized carbons (Fsp3) is 0.571. The number of carbonyl (C=O) groups excluding carboxylic acids is 2. The Morgan fingerprint density at radius 3 is 2.53 bits per heavy atom. The van der Waals surface area contributed by atoms with Crippen molar-refractivity contribution < 1.29 is 9.59 Å². The molecule has 2 heterocycles. The van der Waals surface area contributed by atoms with E-state index in [9.17, 15) is 14.4 Å². The predicted octanol–water partition coefficient (Wildman–Crippen LogP) is 1.87. The van der Waals surface area contributed by atoms with Crippen molar-refractivity contribution >= 4 is 28.4 Å². The van der Waals surface area contributed by atoms with Crippen LogP contribution in [0, 0.1) is 0 Å². The lowest BCUT2D eigenvalue weighted by Crippen LogP contribution is -2.45. The van der Waals surface area contributed by atoms with Crippen LogP contribution in [0.2, 0.25) is 0 Å². The van der Waals surface area contributed by atoms with Crippen LogP contribution < -0.4 is 21.9 Å². The second kappa shape index (κ2) is 10.8. The summed E-state index contributed by atoms with van der Waals surface area (Å²) >= 11 is 0. The number of nitrogens with zero attached hydrogens (tertiary/aromatic N) is 3. The number of hydrogen-bond donors (Lipinski definition) is 3. The van der Waals surface area contributed by atoms with Crippen LogP contribution in [-0.2, 0) is 9.59 Å². The van der Waals surface area contributed by atoms with Crippen LogP contribution in [-0.4, -0.2) is 39.9 Å². The van der Waals surface area contributed by atoms with Crippen LogP contribution in [0.3, 0.4) is 0 Å². The number of hydrogen-bond acceptors (Lipinski definition) is 7. The molecule has 2 amide bonds. The van der Waals surface area contributed by atoms with Gasteiger partial charge in [0.2, 0.25) is 5.91 Å². The first-order valence-corrected chi connectivity index (χ1v) is 10.8. The zero-order valence-corrected chi connectivity index (χ0v) is 17.2. The molecule has 1 aromatic carbocycles. The van der Waals surface area contributed by atoms with Gasteiger partial charge in [0.15, 0.2) is 0 Å². The highest BCUT2D eigenvalue weighted by Crippen LogP contribution is 2.21. The molecule has 1 aliphatic heterocycles. The van der Waals surface area contributed by atoms with Crippen LogP contribution in [0.25, 0.3) is 10.9 Å². The maximum atomic E-state index is 13.1. The van der Waals surface area contributed by atoms with Crippen molar-refractivity contribution in [1.29, 1.82) is 0 Å². The number of rotatable bonds is 11. The molecule has 0 saturated carbocycles. The molecule has 2 aromatic rings. The predicted molar refractivity (Wildman–Crippen MR) is 115 cm³/mol. The minimum absolute atomic E-state index is 0.175. The number of anilines is 1. The molecule has 9 nitrogen and oxygen atoms in total. The number of aromatic nitrogens is 3. The lowest BCUT2D eigenvalue weighted by atomic mass is 10.1. The van der Waals surface area contributed by atoms with Gasteiger partial charge in [-0.25, -0.2) is 0 Å². The summed E-state index contributed by atoms with van der Waals surface area (Å²) < 4.78 is 1.09. The van der Waals surface area contributed by atoms with Gasteiger partial charge in [-0.2, -0.15) is 4.68 Å². The average Bonchev–Trinajstić information content (AvgIpc) is 2.73. The number of nitrogens with one attached hydrogen (secondary N) is 2. The van der Waals surface area contributed by atoms with E-state index in [0.29, 0.717) is 16.6 Å². The second-order valence-electron chi connectivity index (χ2n) is 7.70. The Kier molecular flexibility index (Phi) is 7.89. The van der Waals surface area contributed by atoms with E-state index in [1.165, 1.54) is 25.7 Å². The highest BCUT2D eigenvalue weighted by atomic mass is 16.2. The summed E-state index contributed by atoms with van der Waals surface area (Å²) in [6.45, 7) is 1.52. The fourth-order valence-corrected chi connectivity index (χ4v) is 3.74. The third-order valence-electron chi connectivity index (χ3n) is 5.41. The van der Waals surface area contributed by atoms with Gasteiger partial charge in [0.25, 0.3) is 11.5 Å². The van der Waals surface area contributed by atoms with E-state index in [1.54, 1.807) is 6.07 Å². The van der Waals surface area contributed by atoms with Crippen LogP contribution in [0.1, 0.15) is 63.8 Å². The molecule has 3 rings (SSSR count). The van der Waals surface area contributed by atoms with Gasteiger partial charge in [-0.1, -0.05) is 43.4 Å². The summed E-state index contributed by atoms with van der Waals surface area (Å²) in [5.41, 5.74) is 6.30. The lowest BCUT2D eigenvalue weighted by molar-refractivity contribution is -0.136. The average molecular weight is 415 g/mol. The van der Waals surface area contributed by atoms with Crippen LogP contribution in [0.15, 0.2) is 23.0 Å². The Bertz CT molecular complexity index is 942. The number of nitrogens with two attached hydrogens (primary N) is 1. The van der Waals surface area contributed by atoms with E-state index >= 15 is 0 Å².